The van der Waals surface area contributed by atoms with Gasteiger partial charge in [-0.25, -0.2) is 4.98 Å². The number of thiazole rings is 1. The Balaban J connectivity index is 1.89. The molecular weight excluding hydrogens is 484 g/mol. The number of aromatic nitrogens is 4. The van der Waals surface area contributed by atoms with E-state index < -0.39 is 0 Å². The fourth-order valence-electron chi connectivity index (χ4n) is 1.91. The van der Waals surface area contributed by atoms with Gasteiger partial charge in [-0.1, -0.05) is 17.4 Å². The van der Waals surface area contributed by atoms with Gasteiger partial charge < -0.3 is 9.30 Å². The minimum absolute atomic E-state index is 0.709. The first-order valence-electron chi connectivity index (χ1n) is 6.64. The number of ether oxygens (including phenoxy) is 1. The summed E-state index contributed by atoms with van der Waals surface area (Å²) in [6, 6.07) is 4.09. The van der Waals surface area contributed by atoms with Crippen LogP contribution in [0.2, 0.25) is 0 Å². The number of hydrogen-bond donors (Lipinski definition) is 0. The Morgan fingerprint density at radius 1 is 1.35 bits per heavy atom. The van der Waals surface area contributed by atoms with E-state index in [-0.39, 0.29) is 0 Å². The van der Waals surface area contributed by atoms with Crippen molar-refractivity contribution in [1.82, 2.24) is 19.7 Å². The maximum absolute atomic E-state index is 5.17. The summed E-state index contributed by atoms with van der Waals surface area (Å²) in [5.74, 6) is 0.897. The smallest absolute Gasteiger partial charge is 0.198 e. The summed E-state index contributed by atoms with van der Waals surface area (Å²) in [4.78, 5) is 5.58. The predicted molar refractivity (Wildman–Crippen MR) is 101 cm³/mol. The number of hydrogen-bond acceptors (Lipinski definition) is 7. The highest BCUT2D eigenvalue weighted by Crippen LogP contribution is 2.38. The van der Waals surface area contributed by atoms with Crippen LogP contribution in [0.3, 0.4) is 0 Å². The topological polar surface area (TPSA) is 52.8 Å². The van der Waals surface area contributed by atoms with Crippen LogP contribution in [0.5, 0.6) is 0 Å². The van der Waals surface area contributed by atoms with E-state index in [1.807, 2.05) is 11.4 Å². The molecule has 3 heterocycles. The SMILES string of the molecule is COCCCn1c(Sc2nc(Br)c(Br)s2)nnc1-c1cccs1. The van der Waals surface area contributed by atoms with E-state index in [1.165, 1.54) is 11.8 Å². The first-order chi connectivity index (χ1) is 11.2. The van der Waals surface area contributed by atoms with Crippen LogP contribution in [0.15, 0.2) is 35.4 Å². The van der Waals surface area contributed by atoms with E-state index >= 15 is 0 Å². The van der Waals surface area contributed by atoms with Gasteiger partial charge in [0.2, 0.25) is 0 Å². The molecule has 0 fully saturated rings. The second kappa shape index (κ2) is 8.21. The summed E-state index contributed by atoms with van der Waals surface area (Å²) in [6.45, 7) is 1.52. The average Bonchev–Trinajstić information content (AvgIpc) is 3.23. The van der Waals surface area contributed by atoms with Crippen LogP contribution in [-0.2, 0) is 11.3 Å². The van der Waals surface area contributed by atoms with E-state index in [1.54, 1.807) is 29.8 Å². The highest BCUT2D eigenvalue weighted by Gasteiger charge is 2.17. The molecule has 0 amide bonds. The molecule has 0 aliphatic heterocycles. The summed E-state index contributed by atoms with van der Waals surface area (Å²) < 4.78 is 10.0. The quantitative estimate of drug-likeness (QED) is 0.423. The Morgan fingerprint density at radius 2 is 2.22 bits per heavy atom. The van der Waals surface area contributed by atoms with Crippen LogP contribution in [0.25, 0.3) is 10.7 Å². The fourth-order valence-corrected chi connectivity index (χ4v) is 5.87. The Bertz CT molecular complexity index is 753. The molecule has 0 spiro atoms. The van der Waals surface area contributed by atoms with Gasteiger partial charge in [-0.15, -0.1) is 21.5 Å². The van der Waals surface area contributed by atoms with Crippen molar-refractivity contribution in [2.75, 3.05) is 13.7 Å². The van der Waals surface area contributed by atoms with Crippen molar-refractivity contribution in [3.05, 3.63) is 25.9 Å². The predicted octanol–water partition coefficient (Wildman–Crippen LogP) is 5.18. The third-order valence-electron chi connectivity index (χ3n) is 2.90. The molecule has 0 N–H and O–H groups in total. The zero-order chi connectivity index (χ0) is 16.2. The summed E-state index contributed by atoms with van der Waals surface area (Å²) >= 11 is 11.7. The number of methoxy groups -OCH3 is 1. The van der Waals surface area contributed by atoms with Crippen molar-refractivity contribution >= 4 is 66.3 Å². The van der Waals surface area contributed by atoms with E-state index in [4.69, 9.17) is 4.74 Å². The Labute approximate surface area is 162 Å². The Hall–Kier alpha value is -0.260. The molecule has 0 bridgehead atoms. The fraction of sp³-hybridized carbons (Fsp3) is 0.308. The zero-order valence-corrected chi connectivity index (χ0v) is 17.7. The lowest BCUT2D eigenvalue weighted by molar-refractivity contribution is 0.189. The van der Waals surface area contributed by atoms with Gasteiger partial charge in [-0.2, -0.15) is 0 Å². The maximum atomic E-state index is 5.17. The van der Waals surface area contributed by atoms with Gasteiger partial charge in [-0.3, -0.25) is 0 Å². The van der Waals surface area contributed by atoms with Crippen LogP contribution >= 0.6 is 66.3 Å². The highest BCUT2D eigenvalue weighted by molar-refractivity contribution is 9.13. The molecule has 0 saturated heterocycles. The van der Waals surface area contributed by atoms with Gasteiger partial charge in [0.25, 0.3) is 0 Å². The Kier molecular flexibility index (Phi) is 6.27. The normalized spacial score (nSPS) is 11.3. The molecule has 0 atom stereocenters. The molecule has 0 aliphatic rings. The van der Waals surface area contributed by atoms with Crippen molar-refractivity contribution in [2.24, 2.45) is 0 Å². The average molecular weight is 496 g/mol. The van der Waals surface area contributed by atoms with Gasteiger partial charge in [0.1, 0.15) is 8.39 Å². The first-order valence-corrected chi connectivity index (χ1v) is 10.7. The van der Waals surface area contributed by atoms with Gasteiger partial charge in [0.15, 0.2) is 15.3 Å². The van der Waals surface area contributed by atoms with E-state index in [0.717, 1.165) is 41.6 Å². The van der Waals surface area contributed by atoms with Crippen LogP contribution in [0.1, 0.15) is 6.42 Å². The largest absolute Gasteiger partial charge is 0.385 e. The van der Waals surface area contributed by atoms with E-state index in [0.29, 0.717) is 6.61 Å². The van der Waals surface area contributed by atoms with Gasteiger partial charge in [0.05, 0.1) is 4.88 Å². The molecule has 3 aromatic heterocycles. The number of nitrogens with zero attached hydrogens (tertiary/aromatic N) is 4. The van der Waals surface area contributed by atoms with Crippen molar-refractivity contribution in [2.45, 2.75) is 22.5 Å². The monoisotopic (exact) mass is 494 g/mol. The molecule has 0 unspecified atom stereocenters. The third-order valence-corrected chi connectivity index (χ3v) is 7.88. The van der Waals surface area contributed by atoms with Crippen molar-refractivity contribution in [1.29, 1.82) is 0 Å². The molecule has 0 saturated carbocycles. The number of thiophene rings is 1. The lowest BCUT2D eigenvalue weighted by atomic mass is 10.4. The molecular formula is C13H12Br2N4OS3. The molecule has 23 heavy (non-hydrogen) atoms. The minimum atomic E-state index is 0.709. The molecule has 10 heteroatoms. The summed E-state index contributed by atoms with van der Waals surface area (Å²) in [5, 5.41) is 11.6. The van der Waals surface area contributed by atoms with E-state index in [2.05, 4.69) is 57.7 Å². The number of halogens is 2. The van der Waals surface area contributed by atoms with Gasteiger partial charge in [0, 0.05) is 20.3 Å². The van der Waals surface area contributed by atoms with Crippen molar-refractivity contribution in [3.63, 3.8) is 0 Å². The van der Waals surface area contributed by atoms with Gasteiger partial charge >= 0.3 is 0 Å². The standard InChI is InChI=1S/C13H12Br2N4OS3/c1-20-6-3-5-19-11(8-4-2-7-21-8)17-18-12(19)23-13-16-9(14)10(15)22-13/h2,4,7H,3,5-6H2,1H3. The van der Waals surface area contributed by atoms with E-state index in [9.17, 15) is 0 Å². The van der Waals surface area contributed by atoms with Crippen LogP contribution in [0, 0.1) is 0 Å². The van der Waals surface area contributed by atoms with Crippen LogP contribution < -0.4 is 0 Å². The lowest BCUT2D eigenvalue weighted by Gasteiger charge is -2.08. The van der Waals surface area contributed by atoms with Gasteiger partial charge in [-0.05, 0) is 61.5 Å². The minimum Gasteiger partial charge on any atom is -0.385 e. The van der Waals surface area contributed by atoms with Crippen molar-refractivity contribution < 1.29 is 4.74 Å². The maximum Gasteiger partial charge on any atom is 0.198 e. The molecule has 3 rings (SSSR count). The lowest BCUT2D eigenvalue weighted by Crippen LogP contribution is -2.04. The molecule has 3 aromatic rings. The first kappa shape index (κ1) is 17.6. The summed E-state index contributed by atoms with van der Waals surface area (Å²) in [5.41, 5.74) is 0. The second-order valence-electron chi connectivity index (χ2n) is 4.43. The Morgan fingerprint density at radius 3 is 2.87 bits per heavy atom. The molecule has 0 radical (unpaired) electrons. The van der Waals surface area contributed by atoms with Crippen molar-refractivity contribution in [3.8, 4) is 10.7 Å². The van der Waals surface area contributed by atoms with Crippen LogP contribution in [0.4, 0.5) is 0 Å². The third kappa shape index (κ3) is 4.23. The molecule has 0 aromatic carbocycles. The second-order valence-corrected chi connectivity index (χ2v) is 9.66. The molecule has 5 nitrogen and oxygen atoms in total. The molecule has 0 aliphatic carbocycles. The summed E-state index contributed by atoms with van der Waals surface area (Å²) in [7, 11) is 1.71. The summed E-state index contributed by atoms with van der Waals surface area (Å²) in [6.07, 6.45) is 0.908. The highest BCUT2D eigenvalue weighted by atomic mass is 79.9. The molecule has 122 valence electrons. The number of rotatable bonds is 7. The van der Waals surface area contributed by atoms with Crippen LogP contribution in [-0.4, -0.2) is 33.5 Å². The zero-order valence-electron chi connectivity index (χ0n) is 12.0.